The van der Waals surface area contributed by atoms with E-state index in [1.807, 2.05) is 0 Å². The topological polar surface area (TPSA) is 80.0 Å². The number of carbonyl (C=O) groups excluding carboxylic acids is 2. The van der Waals surface area contributed by atoms with Crippen molar-refractivity contribution in [2.24, 2.45) is 0 Å². The number of fused-ring (bicyclic) bond motifs is 1. The molecule has 0 radical (unpaired) electrons. The van der Waals surface area contributed by atoms with Crippen molar-refractivity contribution in [2.75, 3.05) is 12.0 Å². The number of methoxy groups -OCH3 is 1. The van der Waals surface area contributed by atoms with Gasteiger partial charge in [-0.05, 0) is 42.0 Å². The molecule has 1 atom stereocenters. The fraction of sp³-hybridized carbons (Fsp3) is 0.0769. The van der Waals surface area contributed by atoms with Crippen LogP contribution in [-0.4, -0.2) is 23.9 Å². The summed E-state index contributed by atoms with van der Waals surface area (Å²) < 4.78 is 53.3. The first-order valence-corrected chi connectivity index (χ1v) is 10.4. The van der Waals surface area contributed by atoms with Gasteiger partial charge in [0.25, 0.3) is 5.91 Å². The van der Waals surface area contributed by atoms with E-state index < -0.39 is 52.2 Å². The van der Waals surface area contributed by atoms with Crippen LogP contribution in [0.3, 0.4) is 0 Å². The van der Waals surface area contributed by atoms with Gasteiger partial charge in [-0.25, -0.2) is 13.2 Å². The first kappa shape index (κ1) is 22.3. The van der Waals surface area contributed by atoms with Crippen LogP contribution in [0.2, 0.25) is 0 Å². The molecule has 0 saturated carbocycles. The quantitative estimate of drug-likeness (QED) is 0.375. The largest absolute Gasteiger partial charge is 0.503 e. The zero-order chi connectivity index (χ0) is 24.9. The third kappa shape index (κ3) is 3.61. The second-order valence-corrected chi connectivity index (χ2v) is 7.81. The standard InChI is InChI=1S/C26H16F3NO5/c1-34-19-4-2-3-14-11-20(35-25(14)19)23(31)21-22(13-5-7-15(27)8-6-13)30(26(33)24(21)32)18-12-16(28)9-10-17(18)29/h2-12,22,32H,1H3. The van der Waals surface area contributed by atoms with Gasteiger partial charge >= 0.3 is 0 Å². The molecule has 6 nitrogen and oxygen atoms in total. The van der Waals surface area contributed by atoms with Crippen LogP contribution in [-0.2, 0) is 4.79 Å². The minimum atomic E-state index is -1.39. The normalized spacial score (nSPS) is 15.8. The molecule has 35 heavy (non-hydrogen) atoms. The first-order chi connectivity index (χ1) is 16.8. The van der Waals surface area contributed by atoms with Crippen molar-refractivity contribution in [1.82, 2.24) is 0 Å². The molecule has 1 aliphatic heterocycles. The Morgan fingerprint density at radius 1 is 1.00 bits per heavy atom. The number of benzene rings is 3. The van der Waals surface area contributed by atoms with Crippen LogP contribution in [0.15, 0.2) is 82.5 Å². The lowest BCUT2D eigenvalue weighted by Gasteiger charge is -2.27. The second kappa shape index (κ2) is 8.35. The lowest BCUT2D eigenvalue weighted by atomic mass is 9.94. The maximum Gasteiger partial charge on any atom is 0.294 e. The Morgan fingerprint density at radius 2 is 1.71 bits per heavy atom. The van der Waals surface area contributed by atoms with Gasteiger partial charge in [-0.1, -0.05) is 24.3 Å². The number of hydrogen-bond acceptors (Lipinski definition) is 5. The van der Waals surface area contributed by atoms with E-state index in [1.54, 1.807) is 18.2 Å². The maximum absolute atomic E-state index is 14.7. The fourth-order valence-corrected chi connectivity index (χ4v) is 4.16. The van der Waals surface area contributed by atoms with Gasteiger partial charge in [-0.15, -0.1) is 0 Å². The number of halogens is 3. The summed E-state index contributed by atoms with van der Waals surface area (Å²) in [7, 11) is 1.43. The predicted molar refractivity (Wildman–Crippen MR) is 120 cm³/mol. The van der Waals surface area contributed by atoms with Crippen LogP contribution in [0.1, 0.15) is 22.2 Å². The van der Waals surface area contributed by atoms with Gasteiger partial charge < -0.3 is 14.3 Å². The number of anilines is 1. The maximum atomic E-state index is 14.7. The average Bonchev–Trinajstić information content (AvgIpc) is 3.40. The van der Waals surface area contributed by atoms with Crippen molar-refractivity contribution in [2.45, 2.75) is 6.04 Å². The van der Waals surface area contributed by atoms with Gasteiger partial charge in [0, 0.05) is 11.5 Å². The molecule has 0 aliphatic carbocycles. The second-order valence-electron chi connectivity index (χ2n) is 7.81. The molecular formula is C26H16F3NO5. The van der Waals surface area contributed by atoms with E-state index >= 15 is 0 Å². The highest BCUT2D eigenvalue weighted by Gasteiger charge is 2.46. The van der Waals surface area contributed by atoms with Crippen LogP contribution < -0.4 is 9.64 Å². The molecular weight excluding hydrogens is 463 g/mol. The molecule has 1 aromatic heterocycles. The minimum absolute atomic E-state index is 0.185. The van der Waals surface area contributed by atoms with Gasteiger partial charge in [0.2, 0.25) is 5.78 Å². The first-order valence-electron chi connectivity index (χ1n) is 10.4. The molecule has 176 valence electrons. The molecule has 0 spiro atoms. The van der Waals surface area contributed by atoms with E-state index in [2.05, 4.69) is 0 Å². The Hall–Kier alpha value is -4.53. The van der Waals surface area contributed by atoms with Crippen molar-refractivity contribution in [3.05, 3.63) is 107 Å². The summed E-state index contributed by atoms with van der Waals surface area (Å²) in [5, 5.41) is 11.3. The average molecular weight is 479 g/mol. The predicted octanol–water partition coefficient (Wildman–Crippen LogP) is 5.64. The third-order valence-electron chi connectivity index (χ3n) is 5.76. The van der Waals surface area contributed by atoms with E-state index in [4.69, 9.17) is 9.15 Å². The number of ketones is 1. The molecule has 1 aliphatic rings. The monoisotopic (exact) mass is 479 g/mol. The number of hydrogen-bond donors (Lipinski definition) is 1. The molecule has 5 rings (SSSR count). The van der Waals surface area contributed by atoms with Crippen molar-refractivity contribution >= 4 is 28.3 Å². The SMILES string of the molecule is COc1cccc2cc(C(=O)C3=C(O)C(=O)N(c4cc(F)ccc4F)C3c3ccc(F)cc3)oc12. The summed E-state index contributed by atoms with van der Waals surface area (Å²) in [5.41, 5.74) is -0.466. The number of rotatable bonds is 5. The Balaban J connectivity index is 1.69. The van der Waals surface area contributed by atoms with E-state index in [0.717, 1.165) is 35.2 Å². The molecule has 1 amide bonds. The number of furan rings is 1. The van der Waals surface area contributed by atoms with Gasteiger partial charge in [0.15, 0.2) is 22.9 Å². The highest BCUT2D eigenvalue weighted by atomic mass is 19.1. The number of para-hydroxylation sites is 1. The Labute approximate surface area is 196 Å². The fourth-order valence-electron chi connectivity index (χ4n) is 4.16. The van der Waals surface area contributed by atoms with Gasteiger partial charge in [0.1, 0.15) is 17.5 Å². The van der Waals surface area contributed by atoms with Gasteiger partial charge in [0.05, 0.1) is 24.4 Å². The number of ether oxygens (including phenoxy) is 1. The molecule has 0 bridgehead atoms. The van der Waals surface area contributed by atoms with E-state index in [9.17, 15) is 27.9 Å². The van der Waals surface area contributed by atoms with E-state index in [-0.39, 0.29) is 16.9 Å². The number of Topliss-reactive ketones (excluding diaryl/α,β-unsaturated/α-hetero) is 1. The number of carbonyl (C=O) groups is 2. The summed E-state index contributed by atoms with van der Waals surface area (Å²) in [6.07, 6.45) is 0. The number of amides is 1. The highest BCUT2D eigenvalue weighted by Crippen LogP contribution is 2.43. The van der Waals surface area contributed by atoms with Crippen LogP contribution in [0.5, 0.6) is 5.75 Å². The van der Waals surface area contributed by atoms with Crippen molar-refractivity contribution in [3.63, 3.8) is 0 Å². The van der Waals surface area contributed by atoms with Crippen molar-refractivity contribution in [3.8, 4) is 5.75 Å². The zero-order valence-electron chi connectivity index (χ0n) is 18.1. The molecule has 4 aromatic rings. The highest BCUT2D eigenvalue weighted by molar-refractivity contribution is 6.20. The zero-order valence-corrected chi connectivity index (χ0v) is 18.1. The molecule has 9 heteroatoms. The Kier molecular flexibility index (Phi) is 5.32. The Morgan fingerprint density at radius 3 is 2.43 bits per heavy atom. The summed E-state index contributed by atoms with van der Waals surface area (Å²) in [5.74, 6) is -5.18. The molecule has 2 heterocycles. The van der Waals surface area contributed by atoms with Crippen LogP contribution in [0, 0.1) is 17.5 Å². The van der Waals surface area contributed by atoms with Crippen LogP contribution in [0.25, 0.3) is 11.0 Å². The third-order valence-corrected chi connectivity index (χ3v) is 5.76. The molecule has 3 aromatic carbocycles. The molecule has 0 fully saturated rings. The van der Waals surface area contributed by atoms with E-state index in [0.29, 0.717) is 11.1 Å². The number of aliphatic hydroxyl groups is 1. The van der Waals surface area contributed by atoms with Crippen LogP contribution in [0.4, 0.5) is 18.9 Å². The van der Waals surface area contributed by atoms with Crippen molar-refractivity contribution in [1.29, 1.82) is 0 Å². The summed E-state index contributed by atoms with van der Waals surface area (Å²) in [6.45, 7) is 0. The molecule has 0 saturated heterocycles. The van der Waals surface area contributed by atoms with Crippen LogP contribution >= 0.6 is 0 Å². The van der Waals surface area contributed by atoms with E-state index in [1.165, 1.54) is 25.3 Å². The Bertz CT molecular complexity index is 1520. The van der Waals surface area contributed by atoms with Crippen molar-refractivity contribution < 1.29 is 37.0 Å². The van der Waals surface area contributed by atoms with Gasteiger partial charge in [-0.3, -0.25) is 14.5 Å². The summed E-state index contributed by atoms with van der Waals surface area (Å²) in [6, 6.07) is 12.2. The lowest BCUT2D eigenvalue weighted by Crippen LogP contribution is -2.32. The lowest BCUT2D eigenvalue weighted by molar-refractivity contribution is -0.117. The minimum Gasteiger partial charge on any atom is -0.503 e. The summed E-state index contributed by atoms with van der Waals surface area (Å²) >= 11 is 0. The van der Waals surface area contributed by atoms with Gasteiger partial charge in [-0.2, -0.15) is 0 Å². The molecule has 1 N–H and O–H groups in total. The number of nitrogens with zero attached hydrogens (tertiary/aromatic N) is 1. The number of aliphatic hydroxyl groups excluding tert-OH is 1. The summed E-state index contributed by atoms with van der Waals surface area (Å²) in [4.78, 5) is 27.4. The smallest absolute Gasteiger partial charge is 0.294 e. The molecule has 1 unspecified atom stereocenters.